The predicted octanol–water partition coefficient (Wildman–Crippen LogP) is 4.06. The maximum atomic E-state index is 4.92. The molecule has 0 atom stereocenters. The molecule has 1 saturated carbocycles. The van der Waals surface area contributed by atoms with Crippen molar-refractivity contribution in [2.75, 3.05) is 7.11 Å². The van der Waals surface area contributed by atoms with E-state index in [9.17, 15) is 0 Å². The number of hydrogen-bond donors (Lipinski definition) is 0. The van der Waals surface area contributed by atoms with Crippen LogP contribution in [0.2, 0.25) is 0 Å². The van der Waals surface area contributed by atoms with Crippen molar-refractivity contribution in [3.8, 4) is 0 Å². The molecule has 94 valence electrons. The van der Waals surface area contributed by atoms with Crippen molar-refractivity contribution in [1.82, 2.24) is 0 Å². The Morgan fingerprint density at radius 2 is 1.71 bits per heavy atom. The summed E-state index contributed by atoms with van der Waals surface area (Å²) in [5.41, 5.74) is 2.65. The molecule has 0 N–H and O–H groups in total. The van der Waals surface area contributed by atoms with Crippen molar-refractivity contribution in [2.24, 2.45) is 5.92 Å². The van der Waals surface area contributed by atoms with Crippen LogP contribution in [0, 0.1) is 5.92 Å². The van der Waals surface area contributed by atoms with E-state index < -0.39 is 0 Å². The summed E-state index contributed by atoms with van der Waals surface area (Å²) in [6.45, 7) is 2.89. The summed E-state index contributed by atoms with van der Waals surface area (Å²) in [7, 11) is 1.54. The van der Waals surface area contributed by atoms with Crippen molar-refractivity contribution >= 4 is 0 Å². The minimum Gasteiger partial charge on any atom is -0.240 e. The van der Waals surface area contributed by atoms with Crippen LogP contribution in [-0.2, 0) is 16.4 Å². The fraction of sp³-hybridized carbons (Fsp3) is 0.600. The summed E-state index contributed by atoms with van der Waals surface area (Å²) in [6.07, 6.45) is 5.43. The Morgan fingerprint density at radius 1 is 1.06 bits per heavy atom. The van der Waals surface area contributed by atoms with Crippen molar-refractivity contribution in [1.29, 1.82) is 0 Å². The maximum absolute atomic E-state index is 4.92. The van der Waals surface area contributed by atoms with Gasteiger partial charge in [0.1, 0.15) is 6.61 Å². The van der Waals surface area contributed by atoms with Gasteiger partial charge in [-0.15, -0.1) is 0 Å². The van der Waals surface area contributed by atoms with Crippen LogP contribution in [0.4, 0.5) is 0 Å². The van der Waals surface area contributed by atoms with E-state index in [0.29, 0.717) is 6.61 Å². The van der Waals surface area contributed by atoms with Gasteiger partial charge in [-0.25, -0.2) is 9.78 Å². The lowest BCUT2D eigenvalue weighted by Crippen LogP contribution is -2.10. The molecule has 0 spiro atoms. The molecule has 17 heavy (non-hydrogen) atoms. The second-order valence-corrected chi connectivity index (χ2v) is 5.13. The summed E-state index contributed by atoms with van der Waals surface area (Å²) in [4.78, 5) is 9.52. The van der Waals surface area contributed by atoms with Gasteiger partial charge < -0.3 is 0 Å². The first-order valence-corrected chi connectivity index (χ1v) is 6.54. The van der Waals surface area contributed by atoms with Crippen LogP contribution >= 0.6 is 0 Å². The van der Waals surface area contributed by atoms with Gasteiger partial charge in [-0.1, -0.05) is 44.0 Å². The van der Waals surface area contributed by atoms with E-state index in [1.54, 1.807) is 0 Å². The zero-order valence-corrected chi connectivity index (χ0v) is 10.8. The molecule has 1 aromatic carbocycles. The molecule has 0 aromatic heterocycles. The molecule has 0 radical (unpaired) electrons. The van der Waals surface area contributed by atoms with Crippen LogP contribution in [0.15, 0.2) is 24.3 Å². The molecule has 0 aliphatic heterocycles. The van der Waals surface area contributed by atoms with E-state index in [0.717, 1.165) is 11.8 Å². The second kappa shape index (κ2) is 6.18. The first kappa shape index (κ1) is 12.6. The SMILES string of the molecule is COOCc1ccc(C2CCC(C)CC2)cc1. The molecule has 0 bridgehead atoms. The molecule has 2 nitrogen and oxygen atoms in total. The molecule has 0 unspecified atom stereocenters. The fourth-order valence-electron chi connectivity index (χ4n) is 2.61. The second-order valence-electron chi connectivity index (χ2n) is 5.13. The standard InChI is InChI=1S/C15H22O2/c1-12-3-7-14(8-4-12)15-9-5-13(6-10-15)11-17-16-2/h5-6,9-10,12,14H,3-4,7-8,11H2,1-2H3. The molecule has 1 aromatic rings. The van der Waals surface area contributed by atoms with Gasteiger partial charge >= 0.3 is 0 Å². The molecule has 1 aliphatic rings. The van der Waals surface area contributed by atoms with Crippen molar-refractivity contribution < 1.29 is 9.78 Å². The third-order valence-electron chi connectivity index (χ3n) is 3.81. The highest BCUT2D eigenvalue weighted by Crippen LogP contribution is 2.35. The van der Waals surface area contributed by atoms with Gasteiger partial charge in [0, 0.05) is 0 Å². The van der Waals surface area contributed by atoms with E-state index in [2.05, 4.69) is 36.1 Å². The Balaban J connectivity index is 1.93. The topological polar surface area (TPSA) is 18.5 Å². The number of rotatable bonds is 4. The highest BCUT2D eigenvalue weighted by atomic mass is 17.2. The minimum absolute atomic E-state index is 0.526. The first-order chi connectivity index (χ1) is 8.29. The number of hydrogen-bond acceptors (Lipinski definition) is 2. The van der Waals surface area contributed by atoms with Gasteiger partial charge in [0.15, 0.2) is 0 Å². The average molecular weight is 234 g/mol. The molecular weight excluding hydrogens is 212 g/mol. The normalized spacial score (nSPS) is 24.8. The Hall–Kier alpha value is -0.860. The molecule has 2 rings (SSSR count). The Labute approximate surface area is 104 Å². The molecule has 1 aliphatic carbocycles. The zero-order chi connectivity index (χ0) is 12.1. The third-order valence-corrected chi connectivity index (χ3v) is 3.81. The van der Waals surface area contributed by atoms with E-state index in [4.69, 9.17) is 4.89 Å². The largest absolute Gasteiger partial charge is 0.240 e. The van der Waals surface area contributed by atoms with E-state index in [1.165, 1.54) is 43.9 Å². The third kappa shape index (κ3) is 3.55. The van der Waals surface area contributed by atoms with Crippen LogP contribution < -0.4 is 0 Å². The van der Waals surface area contributed by atoms with Crippen LogP contribution in [0.25, 0.3) is 0 Å². The van der Waals surface area contributed by atoms with Crippen molar-refractivity contribution in [3.63, 3.8) is 0 Å². The summed E-state index contributed by atoms with van der Waals surface area (Å²) in [5, 5.41) is 0. The molecule has 0 amide bonds. The van der Waals surface area contributed by atoms with Crippen LogP contribution in [0.3, 0.4) is 0 Å². The van der Waals surface area contributed by atoms with E-state index in [-0.39, 0.29) is 0 Å². The van der Waals surface area contributed by atoms with Gasteiger partial charge in [-0.3, -0.25) is 0 Å². The summed E-state index contributed by atoms with van der Waals surface area (Å²) >= 11 is 0. The monoisotopic (exact) mass is 234 g/mol. The van der Waals surface area contributed by atoms with Crippen LogP contribution in [-0.4, -0.2) is 7.11 Å². The molecule has 0 heterocycles. The van der Waals surface area contributed by atoms with Gasteiger partial charge in [0.05, 0.1) is 7.11 Å². The van der Waals surface area contributed by atoms with Crippen LogP contribution in [0.5, 0.6) is 0 Å². The highest BCUT2D eigenvalue weighted by molar-refractivity contribution is 5.25. The van der Waals surface area contributed by atoms with E-state index >= 15 is 0 Å². The van der Waals surface area contributed by atoms with Crippen LogP contribution in [0.1, 0.15) is 49.7 Å². The van der Waals surface area contributed by atoms with E-state index in [1.807, 2.05) is 0 Å². The lowest BCUT2D eigenvalue weighted by Gasteiger charge is -2.26. The predicted molar refractivity (Wildman–Crippen MR) is 68.6 cm³/mol. The minimum atomic E-state index is 0.526. The summed E-state index contributed by atoms with van der Waals surface area (Å²) in [5.74, 6) is 1.68. The lowest BCUT2D eigenvalue weighted by atomic mass is 9.79. The Bertz CT molecular complexity index is 323. The first-order valence-electron chi connectivity index (χ1n) is 6.54. The van der Waals surface area contributed by atoms with Gasteiger partial charge in [0.2, 0.25) is 0 Å². The average Bonchev–Trinajstić information content (AvgIpc) is 2.38. The van der Waals surface area contributed by atoms with Crippen molar-refractivity contribution in [3.05, 3.63) is 35.4 Å². The van der Waals surface area contributed by atoms with Crippen molar-refractivity contribution in [2.45, 2.75) is 45.1 Å². The molecular formula is C15H22O2. The summed E-state index contributed by atoms with van der Waals surface area (Å²) < 4.78 is 0. The zero-order valence-electron chi connectivity index (χ0n) is 10.8. The fourth-order valence-corrected chi connectivity index (χ4v) is 2.61. The lowest BCUT2D eigenvalue weighted by molar-refractivity contribution is -0.282. The van der Waals surface area contributed by atoms with Gasteiger partial charge in [0.25, 0.3) is 0 Å². The molecule has 0 saturated heterocycles. The molecule has 2 heteroatoms. The smallest absolute Gasteiger partial charge is 0.107 e. The quantitative estimate of drug-likeness (QED) is 0.578. The summed E-state index contributed by atoms with van der Waals surface area (Å²) in [6, 6.07) is 8.78. The number of benzene rings is 1. The maximum Gasteiger partial charge on any atom is 0.107 e. The Morgan fingerprint density at radius 3 is 2.29 bits per heavy atom. The highest BCUT2D eigenvalue weighted by Gasteiger charge is 2.19. The molecule has 1 fully saturated rings. The van der Waals surface area contributed by atoms with Gasteiger partial charge in [-0.2, -0.15) is 0 Å². The van der Waals surface area contributed by atoms with Gasteiger partial charge in [-0.05, 0) is 35.8 Å². The Kier molecular flexibility index (Phi) is 4.57.